The van der Waals surface area contributed by atoms with E-state index < -0.39 is 12.9 Å². The van der Waals surface area contributed by atoms with Crippen LogP contribution in [0.2, 0.25) is 0 Å². The van der Waals surface area contributed by atoms with Gasteiger partial charge in [0, 0.05) is 12.3 Å². The number of amides is 1. The fourth-order valence-corrected chi connectivity index (χ4v) is 2.57. The molecule has 0 aromatic heterocycles. The second-order valence-corrected chi connectivity index (χ2v) is 7.00. The van der Waals surface area contributed by atoms with Crippen molar-refractivity contribution in [1.82, 2.24) is 4.31 Å². The number of unbranched alkanes of at least 4 members (excludes halogenated alkanes) is 2. The molecule has 9 heteroatoms. The van der Waals surface area contributed by atoms with Crippen molar-refractivity contribution in [3.8, 4) is 0 Å². The summed E-state index contributed by atoms with van der Waals surface area (Å²) in [6.45, 7) is 1.14. The van der Waals surface area contributed by atoms with Crippen LogP contribution >= 0.6 is 31.0 Å². The number of nitrogens with zero attached hydrogens (tertiary/aromatic N) is 1. The summed E-state index contributed by atoms with van der Waals surface area (Å²) in [4.78, 5) is 27.7. The molecular weight excluding hydrogens is 297 g/mol. The van der Waals surface area contributed by atoms with Gasteiger partial charge in [-0.1, -0.05) is 25.8 Å². The lowest BCUT2D eigenvalue weighted by molar-refractivity contribution is 0.175. The first-order valence-electron chi connectivity index (χ1n) is 5.26. The van der Waals surface area contributed by atoms with Crippen molar-refractivity contribution in [3.63, 3.8) is 0 Å². The zero-order valence-electron chi connectivity index (χ0n) is 10.2. The highest BCUT2D eigenvalue weighted by Gasteiger charge is 2.24. The van der Waals surface area contributed by atoms with Gasteiger partial charge in [0.25, 0.3) is 0 Å². The largest absolute Gasteiger partial charge is 0.464 e. The molecule has 0 aliphatic heterocycles. The molecule has 0 aromatic rings. The van der Waals surface area contributed by atoms with Gasteiger partial charge in [-0.05, 0) is 6.42 Å². The van der Waals surface area contributed by atoms with E-state index in [0.717, 1.165) is 18.6 Å². The second kappa shape index (κ2) is 11.9. The maximum absolute atomic E-state index is 10.5. The molecule has 0 aliphatic rings. The van der Waals surface area contributed by atoms with Crippen molar-refractivity contribution in [2.24, 2.45) is 0 Å². The Labute approximate surface area is 117 Å². The first-order chi connectivity index (χ1) is 8.28. The maximum atomic E-state index is 10.5. The first kappa shape index (κ1) is 20.2. The number of carbonyl (C=O) groups is 1. The van der Waals surface area contributed by atoms with Crippen molar-refractivity contribution in [2.45, 2.75) is 26.2 Å². The zero-order valence-corrected chi connectivity index (χ0v) is 12.8. The van der Waals surface area contributed by atoms with E-state index in [4.69, 9.17) is 14.9 Å². The quantitative estimate of drug-likeness (QED) is 0.189. The molecule has 6 nitrogen and oxygen atoms in total. The van der Waals surface area contributed by atoms with Gasteiger partial charge >= 0.3 is 12.9 Å². The molecule has 0 saturated heterocycles. The third-order valence-corrected chi connectivity index (χ3v) is 3.75. The highest BCUT2D eigenvalue weighted by Crippen LogP contribution is 2.52. The van der Waals surface area contributed by atoms with Crippen LogP contribution < -0.4 is 0 Å². The summed E-state index contributed by atoms with van der Waals surface area (Å²) in [5.74, 6) is 0.778. The van der Waals surface area contributed by atoms with E-state index in [1.165, 1.54) is 0 Å². The van der Waals surface area contributed by atoms with E-state index in [-0.39, 0.29) is 18.1 Å². The maximum Gasteiger partial charge on any atom is 0.417 e. The predicted molar refractivity (Wildman–Crippen MR) is 77.9 cm³/mol. The summed E-state index contributed by atoms with van der Waals surface area (Å²) in [6, 6.07) is 0. The molecule has 0 unspecified atom stereocenters. The molecule has 0 heterocycles. The summed E-state index contributed by atoms with van der Waals surface area (Å²) in [5, 5.41) is 8.60. The Morgan fingerprint density at radius 1 is 1.50 bits per heavy atom. The Morgan fingerprint density at radius 2 is 2.00 bits per heavy atom. The Morgan fingerprint density at radius 3 is 2.28 bits per heavy atom. The second-order valence-electron chi connectivity index (χ2n) is 3.14. The SMILES string of the molecule is C=CCS.CCCCCN(SP(=O)(O)O)C(=O)O. The van der Waals surface area contributed by atoms with Crippen LogP contribution in [0.4, 0.5) is 4.79 Å². The van der Waals surface area contributed by atoms with Gasteiger partial charge in [-0.2, -0.15) is 12.6 Å². The van der Waals surface area contributed by atoms with E-state index >= 15 is 0 Å². The smallest absolute Gasteiger partial charge is 0.417 e. The lowest BCUT2D eigenvalue weighted by Crippen LogP contribution is -2.23. The Kier molecular flexibility index (Phi) is 13.4. The molecule has 3 N–H and O–H groups in total. The van der Waals surface area contributed by atoms with Gasteiger partial charge in [0.1, 0.15) is 0 Å². The van der Waals surface area contributed by atoms with Gasteiger partial charge in [-0.15, -0.1) is 6.58 Å². The molecule has 1 amide bonds. The summed E-state index contributed by atoms with van der Waals surface area (Å²) in [7, 11) is 0. The minimum absolute atomic E-state index is 0.0609. The summed E-state index contributed by atoms with van der Waals surface area (Å²) in [5.41, 5.74) is 0. The molecule has 0 radical (unpaired) electrons. The van der Waals surface area contributed by atoms with Crippen molar-refractivity contribution in [3.05, 3.63) is 12.7 Å². The van der Waals surface area contributed by atoms with Crippen molar-refractivity contribution < 1.29 is 24.3 Å². The van der Waals surface area contributed by atoms with Crippen molar-refractivity contribution >= 4 is 37.1 Å². The third kappa shape index (κ3) is 15.9. The van der Waals surface area contributed by atoms with Crippen LogP contribution in [0.15, 0.2) is 12.7 Å². The highest BCUT2D eigenvalue weighted by molar-refractivity contribution is 8.53. The van der Waals surface area contributed by atoms with Crippen LogP contribution in [-0.2, 0) is 4.57 Å². The number of carboxylic acid groups (broad SMARTS) is 1. The molecule has 0 spiro atoms. The average molecular weight is 317 g/mol. The minimum Gasteiger partial charge on any atom is -0.464 e. The molecule has 0 fully saturated rings. The highest BCUT2D eigenvalue weighted by atomic mass is 32.7. The molecule has 0 saturated carbocycles. The van der Waals surface area contributed by atoms with Gasteiger partial charge in [-0.25, -0.2) is 13.7 Å². The molecule has 0 bridgehead atoms. The van der Waals surface area contributed by atoms with Crippen LogP contribution in [0.1, 0.15) is 26.2 Å². The van der Waals surface area contributed by atoms with Gasteiger partial charge in [0.05, 0.1) is 11.6 Å². The molecule has 0 aliphatic carbocycles. The predicted octanol–water partition coefficient (Wildman–Crippen LogP) is 3.00. The minimum atomic E-state index is -4.36. The van der Waals surface area contributed by atoms with Crippen LogP contribution in [-0.4, -0.2) is 37.6 Å². The van der Waals surface area contributed by atoms with Crippen LogP contribution in [0.25, 0.3) is 0 Å². The van der Waals surface area contributed by atoms with E-state index in [1.807, 2.05) is 6.92 Å². The lowest BCUT2D eigenvalue weighted by Gasteiger charge is -2.17. The molecular formula is C9H20NO5PS2. The lowest BCUT2D eigenvalue weighted by atomic mass is 10.2. The molecule has 0 aromatic carbocycles. The van der Waals surface area contributed by atoms with Gasteiger partial charge in [0.15, 0.2) is 0 Å². The summed E-state index contributed by atoms with van der Waals surface area (Å²) in [6.07, 6.45) is 2.78. The molecule has 0 rings (SSSR count). The van der Waals surface area contributed by atoms with Crippen molar-refractivity contribution in [2.75, 3.05) is 12.3 Å². The number of hydrogen-bond donors (Lipinski definition) is 4. The number of thiol groups is 1. The standard InChI is InChI=1S/C6H14NO5PS.C3H6S/c1-2-3-4-5-7(6(8)9)14-13(10,11)12;1-2-3-4/h2-5H2,1H3,(H,8,9)(H2,10,11,12);2,4H,1,3H2. The van der Waals surface area contributed by atoms with Gasteiger partial charge < -0.3 is 14.9 Å². The topological polar surface area (TPSA) is 98.1 Å². The summed E-state index contributed by atoms with van der Waals surface area (Å²) >= 11 is 3.86. The van der Waals surface area contributed by atoms with Crippen LogP contribution in [0.3, 0.4) is 0 Å². The Bertz CT molecular complexity index is 284. The van der Waals surface area contributed by atoms with Crippen molar-refractivity contribution in [1.29, 1.82) is 0 Å². The molecule has 18 heavy (non-hydrogen) atoms. The monoisotopic (exact) mass is 317 g/mol. The molecule has 108 valence electrons. The van der Waals surface area contributed by atoms with Crippen LogP contribution in [0, 0.1) is 0 Å². The van der Waals surface area contributed by atoms with Crippen LogP contribution in [0.5, 0.6) is 0 Å². The molecule has 0 atom stereocenters. The fraction of sp³-hybridized carbons (Fsp3) is 0.667. The summed E-state index contributed by atoms with van der Waals surface area (Å²) < 4.78 is 11.2. The Hall–Kier alpha value is -0.140. The van der Waals surface area contributed by atoms with Gasteiger partial charge in [-0.3, -0.25) is 0 Å². The van der Waals surface area contributed by atoms with E-state index in [2.05, 4.69) is 19.2 Å². The third-order valence-electron chi connectivity index (χ3n) is 1.51. The normalized spacial score (nSPS) is 10.2. The average Bonchev–Trinajstić information content (AvgIpc) is 2.26. The first-order valence-corrected chi connectivity index (χ1v) is 8.88. The van der Waals surface area contributed by atoms with Gasteiger partial charge in [0.2, 0.25) is 0 Å². The fourth-order valence-electron chi connectivity index (χ4n) is 0.805. The number of rotatable bonds is 7. The van der Waals surface area contributed by atoms with E-state index in [9.17, 15) is 9.36 Å². The van der Waals surface area contributed by atoms with E-state index in [1.54, 1.807) is 6.08 Å². The van der Waals surface area contributed by atoms with E-state index in [0.29, 0.717) is 10.7 Å². The number of hydrogen-bond acceptors (Lipinski definition) is 4. The Balaban J connectivity index is 0. The zero-order chi connectivity index (χ0) is 14.6.